The molecule has 1 fully saturated rings. The van der Waals surface area contributed by atoms with Gasteiger partial charge in [-0.15, -0.1) is 0 Å². The highest BCUT2D eigenvalue weighted by Gasteiger charge is 2.46. The maximum Gasteiger partial charge on any atom is 0.272 e. The van der Waals surface area contributed by atoms with Crippen molar-refractivity contribution in [3.63, 3.8) is 0 Å². The van der Waals surface area contributed by atoms with Crippen LogP contribution >= 0.6 is 0 Å². The lowest BCUT2D eigenvalue weighted by Gasteiger charge is -2.41. The quantitative estimate of drug-likeness (QED) is 0.744. The van der Waals surface area contributed by atoms with Crippen LogP contribution in [0.3, 0.4) is 0 Å². The number of amides is 3. The number of carbonyl (C=O) groups excluding carboxylic acids is 3. The van der Waals surface area contributed by atoms with E-state index in [1.807, 2.05) is 0 Å². The second kappa shape index (κ2) is 8.72. The maximum absolute atomic E-state index is 13.1. The molecule has 1 aromatic heterocycles. The van der Waals surface area contributed by atoms with Crippen LogP contribution in [0.25, 0.3) is 0 Å². The lowest BCUT2D eigenvalue weighted by atomic mass is 9.92. The van der Waals surface area contributed by atoms with Crippen LogP contribution in [0.4, 0.5) is 4.39 Å². The molecule has 32 heavy (non-hydrogen) atoms. The summed E-state index contributed by atoms with van der Waals surface area (Å²) < 4.78 is 14.5. The Kier molecular flexibility index (Phi) is 5.99. The van der Waals surface area contributed by atoms with E-state index in [0.717, 1.165) is 31.2 Å². The lowest BCUT2D eigenvalue weighted by molar-refractivity contribution is -0.133. The molecule has 1 aromatic carbocycles. The van der Waals surface area contributed by atoms with E-state index in [4.69, 9.17) is 0 Å². The first kappa shape index (κ1) is 22.0. The number of aromatic nitrogens is 2. The van der Waals surface area contributed by atoms with Crippen molar-refractivity contribution in [2.75, 3.05) is 7.05 Å². The first-order chi connectivity index (χ1) is 15.3. The minimum atomic E-state index is -1.10. The van der Waals surface area contributed by atoms with Crippen molar-refractivity contribution in [2.45, 2.75) is 63.7 Å². The molecule has 0 radical (unpaired) electrons. The molecule has 4 rings (SSSR count). The smallest absolute Gasteiger partial charge is 0.272 e. The molecule has 2 N–H and O–H groups in total. The number of carbonyl (C=O) groups is 3. The number of rotatable bonds is 5. The standard InChI is InChI=1S/C23H28FN5O3/c1-23(22(32)26-17-6-4-3-5-7-17)14-29-19(21(31)28(23)2)12-18(27-29)20(30)25-13-15-8-10-16(24)11-9-15/h8-12,17H,3-7,13-14H2,1-2H3,(H,25,30)(H,26,32)/t23-/m1/s1. The number of likely N-dealkylation sites (N-methyl/N-ethyl adjacent to an activating group) is 1. The predicted molar refractivity (Wildman–Crippen MR) is 115 cm³/mol. The number of hydrogen-bond acceptors (Lipinski definition) is 4. The Hall–Kier alpha value is -3.23. The maximum atomic E-state index is 13.1. The molecule has 0 spiro atoms. The van der Waals surface area contributed by atoms with Gasteiger partial charge in [-0.2, -0.15) is 5.10 Å². The molecule has 1 saturated carbocycles. The van der Waals surface area contributed by atoms with E-state index in [1.54, 1.807) is 26.1 Å². The van der Waals surface area contributed by atoms with Gasteiger partial charge in [0.25, 0.3) is 11.8 Å². The molecule has 8 nitrogen and oxygen atoms in total. The summed E-state index contributed by atoms with van der Waals surface area (Å²) >= 11 is 0. The van der Waals surface area contributed by atoms with E-state index in [9.17, 15) is 18.8 Å². The summed E-state index contributed by atoms with van der Waals surface area (Å²) in [6.45, 7) is 2.09. The summed E-state index contributed by atoms with van der Waals surface area (Å²) in [6.07, 6.45) is 5.27. The molecule has 1 atom stereocenters. The zero-order valence-corrected chi connectivity index (χ0v) is 18.4. The molecule has 3 amide bonds. The lowest BCUT2D eigenvalue weighted by Crippen LogP contribution is -2.63. The van der Waals surface area contributed by atoms with Crippen molar-refractivity contribution in [3.05, 3.63) is 53.1 Å². The van der Waals surface area contributed by atoms with Crippen molar-refractivity contribution in [3.8, 4) is 0 Å². The molecule has 1 aliphatic heterocycles. The number of fused-ring (bicyclic) bond motifs is 1. The third-order valence-electron chi connectivity index (χ3n) is 6.53. The van der Waals surface area contributed by atoms with Crippen LogP contribution in [-0.4, -0.2) is 51.0 Å². The van der Waals surface area contributed by atoms with Gasteiger partial charge in [0.15, 0.2) is 5.69 Å². The summed E-state index contributed by atoms with van der Waals surface area (Å²) in [7, 11) is 1.60. The third-order valence-corrected chi connectivity index (χ3v) is 6.53. The number of hydrogen-bond donors (Lipinski definition) is 2. The fourth-order valence-electron chi connectivity index (χ4n) is 4.30. The molecular formula is C23H28FN5O3. The van der Waals surface area contributed by atoms with Crippen LogP contribution in [0.1, 0.15) is 65.6 Å². The summed E-state index contributed by atoms with van der Waals surface area (Å²) in [6, 6.07) is 7.39. The van der Waals surface area contributed by atoms with E-state index in [2.05, 4.69) is 15.7 Å². The highest BCUT2D eigenvalue weighted by atomic mass is 19.1. The summed E-state index contributed by atoms with van der Waals surface area (Å²) in [5.41, 5.74) is 0.00439. The molecule has 0 bridgehead atoms. The van der Waals surface area contributed by atoms with Crippen LogP contribution in [0.5, 0.6) is 0 Å². The average molecular weight is 442 g/mol. The van der Waals surface area contributed by atoms with Gasteiger partial charge in [0.05, 0.1) is 6.54 Å². The Bertz CT molecular complexity index is 1030. The molecular weight excluding hydrogens is 413 g/mol. The fraction of sp³-hybridized carbons (Fsp3) is 0.478. The topological polar surface area (TPSA) is 96.3 Å². The highest BCUT2D eigenvalue weighted by Crippen LogP contribution is 2.27. The number of halogens is 1. The summed E-state index contributed by atoms with van der Waals surface area (Å²) in [5, 5.41) is 10.1. The number of nitrogens with zero attached hydrogens (tertiary/aromatic N) is 3. The van der Waals surface area contributed by atoms with Crippen LogP contribution < -0.4 is 10.6 Å². The number of benzene rings is 1. The monoisotopic (exact) mass is 441 g/mol. The highest BCUT2D eigenvalue weighted by molar-refractivity contribution is 6.01. The van der Waals surface area contributed by atoms with E-state index < -0.39 is 11.4 Å². The van der Waals surface area contributed by atoms with E-state index in [1.165, 1.54) is 34.2 Å². The second-order valence-corrected chi connectivity index (χ2v) is 8.83. The van der Waals surface area contributed by atoms with Gasteiger partial charge < -0.3 is 15.5 Å². The Morgan fingerprint density at radius 2 is 1.88 bits per heavy atom. The van der Waals surface area contributed by atoms with Gasteiger partial charge in [-0.1, -0.05) is 31.4 Å². The SMILES string of the molecule is CN1C(=O)c2cc(C(=O)NCc3ccc(F)cc3)nn2C[C@]1(C)C(=O)NC1CCCCC1. The Morgan fingerprint density at radius 1 is 1.19 bits per heavy atom. The summed E-state index contributed by atoms with van der Waals surface area (Å²) in [4.78, 5) is 40.1. The second-order valence-electron chi connectivity index (χ2n) is 8.83. The van der Waals surface area contributed by atoms with Crippen molar-refractivity contribution in [2.24, 2.45) is 0 Å². The van der Waals surface area contributed by atoms with Crippen molar-refractivity contribution in [1.82, 2.24) is 25.3 Å². The number of nitrogens with one attached hydrogen (secondary N) is 2. The van der Waals surface area contributed by atoms with Crippen LogP contribution in [0, 0.1) is 5.82 Å². The van der Waals surface area contributed by atoms with Crippen LogP contribution in [0.2, 0.25) is 0 Å². The van der Waals surface area contributed by atoms with Crippen LogP contribution in [0.15, 0.2) is 30.3 Å². The van der Waals surface area contributed by atoms with Gasteiger partial charge in [-0.3, -0.25) is 19.1 Å². The first-order valence-electron chi connectivity index (χ1n) is 11.0. The van der Waals surface area contributed by atoms with Gasteiger partial charge >= 0.3 is 0 Å². The molecule has 0 saturated heterocycles. The summed E-state index contributed by atoms with van der Waals surface area (Å²) in [5.74, 6) is -1.36. The zero-order valence-electron chi connectivity index (χ0n) is 18.4. The van der Waals surface area contributed by atoms with E-state index in [0.29, 0.717) is 0 Å². The third kappa shape index (κ3) is 4.24. The molecule has 9 heteroatoms. The largest absolute Gasteiger partial charge is 0.351 e. The van der Waals surface area contributed by atoms with E-state index >= 15 is 0 Å². The molecule has 170 valence electrons. The Balaban J connectivity index is 1.47. The van der Waals surface area contributed by atoms with Crippen molar-refractivity contribution >= 4 is 17.7 Å². The van der Waals surface area contributed by atoms with Crippen molar-refractivity contribution in [1.29, 1.82) is 0 Å². The minimum absolute atomic E-state index is 0.0980. The van der Waals surface area contributed by atoms with Gasteiger partial charge in [0.2, 0.25) is 5.91 Å². The zero-order chi connectivity index (χ0) is 22.9. The molecule has 2 aromatic rings. The fourth-order valence-corrected chi connectivity index (χ4v) is 4.30. The molecule has 1 aliphatic carbocycles. The van der Waals surface area contributed by atoms with Crippen molar-refractivity contribution < 1.29 is 18.8 Å². The van der Waals surface area contributed by atoms with E-state index in [-0.39, 0.29) is 48.2 Å². The van der Waals surface area contributed by atoms with Crippen LogP contribution in [-0.2, 0) is 17.9 Å². The Morgan fingerprint density at radius 3 is 2.56 bits per heavy atom. The van der Waals surface area contributed by atoms with Gasteiger partial charge in [-0.05, 0) is 37.5 Å². The molecule has 2 aliphatic rings. The normalized spacial score (nSPS) is 21.2. The van der Waals surface area contributed by atoms with Gasteiger partial charge in [0, 0.05) is 25.7 Å². The van der Waals surface area contributed by atoms with Gasteiger partial charge in [-0.25, -0.2) is 4.39 Å². The first-order valence-corrected chi connectivity index (χ1v) is 11.0. The minimum Gasteiger partial charge on any atom is -0.351 e. The van der Waals surface area contributed by atoms with Gasteiger partial charge in [0.1, 0.15) is 17.1 Å². The molecule has 2 heterocycles. The predicted octanol–water partition coefficient (Wildman–Crippen LogP) is 2.25. The molecule has 0 unspecified atom stereocenters. The Labute approximate surface area is 186 Å². The average Bonchev–Trinajstić information content (AvgIpc) is 3.21.